The zero-order chi connectivity index (χ0) is 12.1. The van der Waals surface area contributed by atoms with Crippen LogP contribution in [0.5, 0.6) is 0 Å². The predicted molar refractivity (Wildman–Crippen MR) is 65.9 cm³/mol. The maximum atomic E-state index is 10.4. The first-order valence-corrected chi connectivity index (χ1v) is 5.54. The normalized spacial score (nSPS) is 12.2. The summed E-state index contributed by atoms with van der Waals surface area (Å²) in [5.41, 5.74) is 3.50. The summed E-state index contributed by atoms with van der Waals surface area (Å²) < 4.78 is 0. The number of carboxylic acid groups (broad SMARTS) is 1. The van der Waals surface area contributed by atoms with E-state index in [0.29, 0.717) is 6.42 Å². The number of hydrogen-bond donors (Lipinski definition) is 2. The molecule has 0 saturated heterocycles. The third kappa shape index (κ3) is 4.34. The number of hydrogen-bond acceptors (Lipinski definition) is 2. The molecule has 0 aliphatic heterocycles. The van der Waals surface area contributed by atoms with Crippen LogP contribution in [0.15, 0.2) is 18.2 Å². The molecule has 1 unspecified atom stereocenters. The second kappa shape index (κ2) is 5.54. The Balaban J connectivity index is 2.55. The molecule has 0 saturated carbocycles. The smallest absolute Gasteiger partial charge is 0.303 e. The number of carboxylic acids is 1. The maximum absolute atomic E-state index is 10.4. The summed E-state index contributed by atoms with van der Waals surface area (Å²) in [5.74, 6) is -0.742. The van der Waals surface area contributed by atoms with E-state index in [1.165, 1.54) is 11.1 Å². The Bertz CT molecular complexity index is 354. The van der Waals surface area contributed by atoms with E-state index in [1.807, 2.05) is 6.92 Å². The summed E-state index contributed by atoms with van der Waals surface area (Å²) in [6.07, 6.45) is 0.848. The summed E-state index contributed by atoms with van der Waals surface area (Å²) in [5, 5.41) is 11.9. The maximum Gasteiger partial charge on any atom is 0.303 e. The van der Waals surface area contributed by atoms with Gasteiger partial charge in [0.15, 0.2) is 0 Å². The third-order valence-corrected chi connectivity index (χ3v) is 2.43. The lowest BCUT2D eigenvalue weighted by Gasteiger charge is -2.15. The molecule has 0 heterocycles. The Kier molecular flexibility index (Phi) is 4.35. The zero-order valence-corrected chi connectivity index (χ0v) is 10.1. The molecule has 3 heteroatoms. The van der Waals surface area contributed by atoms with E-state index >= 15 is 0 Å². The average molecular weight is 221 g/mol. The molecule has 0 fully saturated rings. The minimum absolute atomic E-state index is 0.178. The number of aryl methyl sites for hydroxylation is 2. The van der Waals surface area contributed by atoms with Crippen molar-refractivity contribution >= 4 is 11.7 Å². The van der Waals surface area contributed by atoms with Gasteiger partial charge in [0.25, 0.3) is 0 Å². The van der Waals surface area contributed by atoms with E-state index in [9.17, 15) is 4.79 Å². The van der Waals surface area contributed by atoms with Crippen LogP contribution in [0.2, 0.25) is 0 Å². The molecule has 2 N–H and O–H groups in total. The van der Waals surface area contributed by atoms with Crippen molar-refractivity contribution in [2.24, 2.45) is 0 Å². The predicted octanol–water partition coefficient (Wildman–Crippen LogP) is 2.97. The van der Waals surface area contributed by atoms with E-state index in [0.717, 1.165) is 5.69 Å². The van der Waals surface area contributed by atoms with Crippen LogP contribution in [-0.4, -0.2) is 17.1 Å². The molecule has 3 nitrogen and oxygen atoms in total. The number of nitrogens with one attached hydrogen (secondary N) is 1. The first kappa shape index (κ1) is 12.6. The van der Waals surface area contributed by atoms with Gasteiger partial charge in [0.05, 0.1) is 0 Å². The van der Waals surface area contributed by atoms with Crippen molar-refractivity contribution in [1.82, 2.24) is 0 Å². The monoisotopic (exact) mass is 221 g/mol. The second-order valence-electron chi connectivity index (χ2n) is 4.35. The van der Waals surface area contributed by atoms with Crippen molar-refractivity contribution in [3.8, 4) is 0 Å². The molecule has 0 amide bonds. The Morgan fingerprint density at radius 2 is 1.88 bits per heavy atom. The quantitative estimate of drug-likeness (QED) is 0.803. The molecule has 1 aromatic rings. The molecule has 0 radical (unpaired) electrons. The van der Waals surface area contributed by atoms with Crippen LogP contribution in [-0.2, 0) is 4.79 Å². The minimum atomic E-state index is -0.742. The molecule has 0 aliphatic carbocycles. The van der Waals surface area contributed by atoms with Crippen molar-refractivity contribution in [3.05, 3.63) is 29.3 Å². The standard InChI is InChI=1S/C13H19NO2/c1-9-6-10(2)8-12(7-9)14-11(3)4-5-13(15)16/h6-8,11,14H,4-5H2,1-3H3,(H,15,16). The number of anilines is 1. The van der Waals surface area contributed by atoms with E-state index in [1.54, 1.807) is 0 Å². The third-order valence-electron chi connectivity index (χ3n) is 2.43. The molecule has 1 atom stereocenters. The molecule has 1 rings (SSSR count). The van der Waals surface area contributed by atoms with Gasteiger partial charge < -0.3 is 10.4 Å². The Morgan fingerprint density at radius 1 is 1.31 bits per heavy atom. The van der Waals surface area contributed by atoms with Crippen molar-refractivity contribution in [1.29, 1.82) is 0 Å². The minimum Gasteiger partial charge on any atom is -0.481 e. The molecule has 0 aliphatic rings. The topological polar surface area (TPSA) is 49.3 Å². The fourth-order valence-electron chi connectivity index (χ4n) is 1.75. The molecule has 0 spiro atoms. The highest BCUT2D eigenvalue weighted by Gasteiger charge is 2.05. The van der Waals surface area contributed by atoms with Gasteiger partial charge in [-0.3, -0.25) is 4.79 Å². The Morgan fingerprint density at radius 3 is 2.38 bits per heavy atom. The van der Waals surface area contributed by atoms with Gasteiger partial charge in [0.2, 0.25) is 0 Å². The number of aliphatic carboxylic acids is 1. The lowest BCUT2D eigenvalue weighted by Crippen LogP contribution is -2.16. The second-order valence-corrected chi connectivity index (χ2v) is 4.35. The van der Waals surface area contributed by atoms with Gasteiger partial charge in [-0.05, 0) is 50.5 Å². The van der Waals surface area contributed by atoms with E-state index in [-0.39, 0.29) is 12.5 Å². The van der Waals surface area contributed by atoms with Gasteiger partial charge in [-0.1, -0.05) is 6.07 Å². The molecule has 88 valence electrons. The summed E-state index contributed by atoms with van der Waals surface area (Å²) >= 11 is 0. The number of rotatable bonds is 5. The summed E-state index contributed by atoms with van der Waals surface area (Å²) in [6, 6.07) is 6.44. The van der Waals surface area contributed by atoms with Crippen molar-refractivity contribution < 1.29 is 9.90 Å². The first-order chi connectivity index (χ1) is 7.47. The zero-order valence-electron chi connectivity index (χ0n) is 10.1. The SMILES string of the molecule is Cc1cc(C)cc(NC(C)CCC(=O)O)c1. The van der Waals surface area contributed by atoms with E-state index in [2.05, 4.69) is 37.4 Å². The van der Waals surface area contributed by atoms with Crippen LogP contribution in [0.3, 0.4) is 0 Å². The number of carbonyl (C=O) groups is 1. The van der Waals surface area contributed by atoms with Crippen LogP contribution in [0, 0.1) is 13.8 Å². The largest absolute Gasteiger partial charge is 0.481 e. The lowest BCUT2D eigenvalue weighted by atomic mass is 10.1. The van der Waals surface area contributed by atoms with Gasteiger partial charge in [-0.15, -0.1) is 0 Å². The highest BCUT2D eigenvalue weighted by molar-refractivity contribution is 5.66. The summed E-state index contributed by atoms with van der Waals surface area (Å²) in [4.78, 5) is 10.4. The van der Waals surface area contributed by atoms with Crippen molar-refractivity contribution in [2.75, 3.05) is 5.32 Å². The van der Waals surface area contributed by atoms with Crippen LogP contribution >= 0.6 is 0 Å². The van der Waals surface area contributed by atoms with Crippen LogP contribution in [0.1, 0.15) is 30.9 Å². The van der Waals surface area contributed by atoms with E-state index in [4.69, 9.17) is 5.11 Å². The summed E-state index contributed by atoms with van der Waals surface area (Å²) in [7, 11) is 0. The van der Waals surface area contributed by atoms with Gasteiger partial charge in [0.1, 0.15) is 0 Å². The summed E-state index contributed by atoms with van der Waals surface area (Å²) in [6.45, 7) is 6.11. The first-order valence-electron chi connectivity index (χ1n) is 5.54. The fourth-order valence-corrected chi connectivity index (χ4v) is 1.75. The van der Waals surface area contributed by atoms with Crippen LogP contribution < -0.4 is 5.32 Å². The Labute approximate surface area is 96.5 Å². The molecule has 0 bridgehead atoms. The van der Waals surface area contributed by atoms with E-state index < -0.39 is 5.97 Å². The molecular weight excluding hydrogens is 202 g/mol. The van der Waals surface area contributed by atoms with Gasteiger partial charge >= 0.3 is 5.97 Å². The van der Waals surface area contributed by atoms with Gasteiger partial charge in [-0.25, -0.2) is 0 Å². The average Bonchev–Trinajstić information content (AvgIpc) is 2.12. The van der Waals surface area contributed by atoms with Crippen molar-refractivity contribution in [2.45, 2.75) is 39.7 Å². The Hall–Kier alpha value is -1.51. The fraction of sp³-hybridized carbons (Fsp3) is 0.462. The van der Waals surface area contributed by atoms with Gasteiger partial charge in [-0.2, -0.15) is 0 Å². The molecule has 1 aromatic carbocycles. The lowest BCUT2D eigenvalue weighted by molar-refractivity contribution is -0.137. The molecule has 0 aromatic heterocycles. The van der Waals surface area contributed by atoms with Gasteiger partial charge in [0, 0.05) is 18.2 Å². The van der Waals surface area contributed by atoms with Crippen LogP contribution in [0.4, 0.5) is 5.69 Å². The molecular formula is C13H19NO2. The highest BCUT2D eigenvalue weighted by atomic mass is 16.4. The number of benzene rings is 1. The van der Waals surface area contributed by atoms with Crippen LogP contribution in [0.25, 0.3) is 0 Å². The molecule has 16 heavy (non-hydrogen) atoms. The highest BCUT2D eigenvalue weighted by Crippen LogP contribution is 2.15. The van der Waals surface area contributed by atoms with Crippen molar-refractivity contribution in [3.63, 3.8) is 0 Å².